The summed E-state index contributed by atoms with van der Waals surface area (Å²) in [7, 11) is 4.33. The molecule has 0 aliphatic heterocycles. The lowest BCUT2D eigenvalue weighted by Gasteiger charge is -2.50. The van der Waals surface area contributed by atoms with Crippen LogP contribution in [0.3, 0.4) is 0 Å². The molecule has 190 valence electrons. The number of carbonyl (C=O) groups excluding carboxylic acids is 4. The van der Waals surface area contributed by atoms with E-state index >= 15 is 0 Å². The number of esters is 1. The SMILES string of the molecule is COC(=O)/C=C/c1ccc(O)c2c1C[C@@H]1C[C@H]3[C@H](N(C)C)C(O)=C(C(N)=O)C(=O)[C@]3(O)C(O)=C1C2=O. The molecule has 0 saturated heterocycles. The summed E-state index contributed by atoms with van der Waals surface area (Å²) in [5.74, 6) is -7.77. The maximum atomic E-state index is 13.6. The average molecular weight is 498 g/mol. The molecule has 1 aromatic rings. The number of methoxy groups -OCH3 is 1. The summed E-state index contributed by atoms with van der Waals surface area (Å²) >= 11 is 0. The second-order valence-electron chi connectivity index (χ2n) is 9.35. The van der Waals surface area contributed by atoms with Gasteiger partial charge in [0.05, 0.1) is 18.7 Å². The van der Waals surface area contributed by atoms with E-state index in [9.17, 15) is 39.6 Å². The van der Waals surface area contributed by atoms with Crippen molar-refractivity contribution in [3.63, 3.8) is 0 Å². The number of hydrogen-bond acceptors (Lipinski definition) is 10. The first-order valence-electron chi connectivity index (χ1n) is 11.1. The zero-order valence-corrected chi connectivity index (χ0v) is 19.8. The molecule has 0 bridgehead atoms. The third-order valence-corrected chi connectivity index (χ3v) is 7.24. The van der Waals surface area contributed by atoms with Crippen LogP contribution in [-0.2, 0) is 25.5 Å². The molecule has 0 fully saturated rings. The highest BCUT2D eigenvalue weighted by molar-refractivity contribution is 6.24. The van der Waals surface area contributed by atoms with Crippen LogP contribution >= 0.6 is 0 Å². The summed E-state index contributed by atoms with van der Waals surface area (Å²) in [6, 6.07) is 1.71. The highest BCUT2D eigenvalue weighted by Crippen LogP contribution is 2.52. The third-order valence-electron chi connectivity index (χ3n) is 7.24. The van der Waals surface area contributed by atoms with Crippen LogP contribution in [0.2, 0.25) is 0 Å². The molecule has 36 heavy (non-hydrogen) atoms. The van der Waals surface area contributed by atoms with Gasteiger partial charge >= 0.3 is 5.97 Å². The number of hydrogen-bond donors (Lipinski definition) is 5. The van der Waals surface area contributed by atoms with Gasteiger partial charge in [-0.05, 0) is 56.1 Å². The molecular formula is C25H26N2O9. The highest BCUT2D eigenvalue weighted by Gasteiger charge is 2.63. The summed E-state index contributed by atoms with van der Waals surface area (Å²) in [6.45, 7) is 0. The number of aliphatic hydroxyl groups excluding tert-OH is 2. The molecule has 0 aromatic heterocycles. The van der Waals surface area contributed by atoms with E-state index in [1.54, 1.807) is 14.1 Å². The second kappa shape index (κ2) is 8.61. The van der Waals surface area contributed by atoms with Gasteiger partial charge < -0.3 is 30.9 Å². The molecule has 3 aliphatic rings. The fourth-order valence-corrected chi connectivity index (χ4v) is 5.66. The van der Waals surface area contributed by atoms with Crippen molar-refractivity contribution < 1.29 is 44.3 Å². The quantitative estimate of drug-likeness (QED) is 0.219. The summed E-state index contributed by atoms with van der Waals surface area (Å²) in [4.78, 5) is 51.9. The minimum Gasteiger partial charge on any atom is -0.510 e. The highest BCUT2D eigenvalue weighted by atomic mass is 16.5. The van der Waals surface area contributed by atoms with Crippen molar-refractivity contribution in [3.05, 3.63) is 57.6 Å². The Morgan fingerprint density at radius 2 is 1.86 bits per heavy atom. The van der Waals surface area contributed by atoms with Crippen LogP contribution in [0.25, 0.3) is 6.08 Å². The molecule has 1 amide bonds. The predicted molar refractivity (Wildman–Crippen MR) is 125 cm³/mol. The van der Waals surface area contributed by atoms with Crippen LogP contribution in [0.15, 0.2) is 40.9 Å². The number of Topliss-reactive ketones (excluding diaryl/α,β-unsaturated/α-hetero) is 2. The number of carbonyl (C=O) groups is 4. The Hall–Kier alpha value is -3.96. The lowest BCUT2D eigenvalue weighted by Crippen LogP contribution is -2.63. The number of aliphatic hydroxyl groups is 3. The van der Waals surface area contributed by atoms with Gasteiger partial charge in [0, 0.05) is 17.6 Å². The monoisotopic (exact) mass is 498 g/mol. The van der Waals surface area contributed by atoms with Gasteiger partial charge in [-0.1, -0.05) is 6.07 Å². The van der Waals surface area contributed by atoms with Crippen LogP contribution < -0.4 is 5.73 Å². The molecule has 11 nitrogen and oxygen atoms in total. The van der Waals surface area contributed by atoms with Gasteiger partial charge in [-0.3, -0.25) is 19.3 Å². The van der Waals surface area contributed by atoms with Crippen molar-refractivity contribution in [2.24, 2.45) is 17.6 Å². The van der Waals surface area contributed by atoms with Crippen molar-refractivity contribution in [3.8, 4) is 5.75 Å². The Kier molecular flexibility index (Phi) is 6.01. The third kappa shape index (κ3) is 3.42. The van der Waals surface area contributed by atoms with Crippen LogP contribution in [-0.4, -0.2) is 81.6 Å². The van der Waals surface area contributed by atoms with E-state index in [0.717, 1.165) is 6.08 Å². The van der Waals surface area contributed by atoms with Crippen molar-refractivity contribution in [1.82, 2.24) is 4.90 Å². The molecule has 0 radical (unpaired) electrons. The first kappa shape index (κ1) is 25.1. The van der Waals surface area contributed by atoms with E-state index < -0.39 is 64.0 Å². The maximum Gasteiger partial charge on any atom is 0.330 e. The van der Waals surface area contributed by atoms with Gasteiger partial charge in [0.1, 0.15) is 22.8 Å². The van der Waals surface area contributed by atoms with Gasteiger partial charge in [0.15, 0.2) is 11.4 Å². The number of amides is 1. The number of phenolic OH excluding ortho intramolecular Hbond substituents is 1. The van der Waals surface area contributed by atoms with Crippen LogP contribution in [0.1, 0.15) is 27.9 Å². The molecule has 0 spiro atoms. The molecule has 3 aliphatic carbocycles. The minimum absolute atomic E-state index is 0.0262. The van der Waals surface area contributed by atoms with Crippen molar-refractivity contribution in [2.45, 2.75) is 24.5 Å². The number of primary amides is 1. The van der Waals surface area contributed by atoms with E-state index in [1.165, 1.54) is 30.2 Å². The topological polar surface area (TPSA) is 188 Å². The van der Waals surface area contributed by atoms with Crippen molar-refractivity contribution in [1.29, 1.82) is 0 Å². The minimum atomic E-state index is -2.69. The zero-order chi connectivity index (χ0) is 26.7. The average Bonchev–Trinajstić information content (AvgIpc) is 2.80. The maximum absolute atomic E-state index is 13.6. The number of benzene rings is 1. The fraction of sp³-hybridized carbons (Fsp3) is 0.360. The molecule has 6 N–H and O–H groups in total. The lowest BCUT2D eigenvalue weighted by molar-refractivity contribution is -0.148. The molecule has 0 unspecified atom stereocenters. The number of nitrogens with two attached hydrogens (primary N) is 1. The summed E-state index contributed by atoms with van der Waals surface area (Å²) in [5, 5.41) is 44.1. The Morgan fingerprint density at radius 1 is 1.19 bits per heavy atom. The fourth-order valence-electron chi connectivity index (χ4n) is 5.66. The lowest BCUT2D eigenvalue weighted by atomic mass is 9.58. The standard InChI is InChI=1S/C25H26N2O9/c1-27(2)19-13-9-11-8-12-10(5-7-15(29)36-3)4-6-14(28)17(12)20(30)16(11)22(32)25(13,35)23(33)18(21(19)31)24(26)34/h4-7,11,13,19,28,31-32,35H,8-9H2,1-3H3,(H2,26,34)/b7-5+/t11-,13+,19+,25-/m1/s1. The predicted octanol–water partition coefficient (Wildman–Crippen LogP) is 0.307. The normalized spacial score (nSPS) is 27.8. The van der Waals surface area contributed by atoms with Crippen molar-refractivity contribution >= 4 is 29.5 Å². The Bertz CT molecular complexity index is 1310. The number of allylic oxidation sites excluding steroid dienone is 1. The number of nitrogens with zero attached hydrogens (tertiary/aromatic N) is 1. The first-order chi connectivity index (χ1) is 16.9. The number of fused-ring (bicyclic) bond motifs is 3. The van der Waals surface area contributed by atoms with Gasteiger partial charge in [-0.15, -0.1) is 0 Å². The van der Waals surface area contributed by atoms with E-state index in [1.807, 2.05) is 0 Å². The van der Waals surface area contributed by atoms with Gasteiger partial charge in [-0.25, -0.2) is 4.79 Å². The molecule has 4 atom stereocenters. The molecule has 11 heteroatoms. The second-order valence-corrected chi connectivity index (χ2v) is 9.35. The van der Waals surface area contributed by atoms with E-state index in [-0.39, 0.29) is 29.7 Å². The van der Waals surface area contributed by atoms with Crippen molar-refractivity contribution in [2.75, 3.05) is 21.2 Å². The molecule has 0 heterocycles. The van der Waals surface area contributed by atoms with Gasteiger partial charge in [0.2, 0.25) is 5.78 Å². The Morgan fingerprint density at radius 3 is 2.44 bits per heavy atom. The summed E-state index contributed by atoms with van der Waals surface area (Å²) < 4.78 is 4.60. The molecule has 4 rings (SSSR count). The first-order valence-corrected chi connectivity index (χ1v) is 11.1. The van der Waals surface area contributed by atoms with E-state index in [2.05, 4.69) is 4.74 Å². The largest absolute Gasteiger partial charge is 0.510 e. The zero-order valence-electron chi connectivity index (χ0n) is 19.8. The van der Waals surface area contributed by atoms with Gasteiger partial charge in [-0.2, -0.15) is 0 Å². The number of aromatic hydroxyl groups is 1. The summed E-state index contributed by atoms with van der Waals surface area (Å²) in [5.41, 5.74) is 2.24. The number of rotatable bonds is 4. The van der Waals surface area contributed by atoms with Crippen LogP contribution in [0.5, 0.6) is 5.75 Å². The Labute approximate surface area is 205 Å². The molecular weight excluding hydrogens is 472 g/mol. The smallest absolute Gasteiger partial charge is 0.330 e. The van der Waals surface area contributed by atoms with E-state index in [4.69, 9.17) is 5.73 Å². The van der Waals surface area contributed by atoms with E-state index in [0.29, 0.717) is 11.1 Å². The number of phenols is 1. The van der Waals surface area contributed by atoms with Crippen LogP contribution in [0, 0.1) is 11.8 Å². The molecule has 0 saturated carbocycles. The summed E-state index contributed by atoms with van der Waals surface area (Å²) in [6.07, 6.45) is 2.69. The van der Waals surface area contributed by atoms with Crippen LogP contribution in [0.4, 0.5) is 0 Å². The molecule has 1 aromatic carbocycles. The number of ether oxygens (including phenoxy) is 1. The number of likely N-dealkylation sites (N-methyl/N-ethyl adjacent to an activating group) is 1. The Balaban J connectivity index is 1.92. The van der Waals surface area contributed by atoms with Gasteiger partial charge in [0.25, 0.3) is 5.91 Å². The number of ketones is 2.